The largest absolute Gasteiger partial charge is 0.465 e. The molecule has 0 saturated carbocycles. The molecule has 0 atom stereocenters. The van der Waals surface area contributed by atoms with Crippen LogP contribution in [0.1, 0.15) is 35.3 Å². The summed E-state index contributed by atoms with van der Waals surface area (Å²) in [6.45, 7) is 5.67. The van der Waals surface area contributed by atoms with Crippen molar-refractivity contribution in [2.45, 2.75) is 32.9 Å². The molecule has 1 aliphatic rings. The first kappa shape index (κ1) is 12.8. The van der Waals surface area contributed by atoms with Crippen molar-refractivity contribution in [3.05, 3.63) is 22.9 Å². The summed E-state index contributed by atoms with van der Waals surface area (Å²) in [6, 6.07) is 0.223. The number of hydrogen-bond acceptors (Lipinski definition) is 5. The third kappa shape index (κ3) is 2.46. The molecule has 0 radical (unpaired) electrons. The minimum atomic E-state index is -0.315. The minimum Gasteiger partial charge on any atom is -0.465 e. The van der Waals surface area contributed by atoms with E-state index in [1.54, 1.807) is 0 Å². The van der Waals surface area contributed by atoms with Crippen molar-refractivity contribution in [2.75, 3.05) is 19.0 Å². The molecule has 0 amide bonds. The van der Waals surface area contributed by atoms with Crippen molar-refractivity contribution in [3.8, 4) is 0 Å². The third-order valence-electron chi connectivity index (χ3n) is 2.96. The highest BCUT2D eigenvalue weighted by atomic mass is 16.5. The number of carbonyl (C=O) groups is 1. The summed E-state index contributed by atoms with van der Waals surface area (Å²) >= 11 is 0. The number of fused-ring (bicyclic) bond motifs is 1. The van der Waals surface area contributed by atoms with Gasteiger partial charge in [0.1, 0.15) is 11.4 Å². The lowest BCUT2D eigenvalue weighted by Gasteiger charge is -2.22. The van der Waals surface area contributed by atoms with Gasteiger partial charge in [0.15, 0.2) is 0 Å². The molecular formula is C13H19N3O2. The molecule has 1 aromatic heterocycles. The molecule has 2 N–H and O–H groups in total. The Balaban J connectivity index is 2.49. The Morgan fingerprint density at radius 3 is 3.00 bits per heavy atom. The number of ether oxygens (including phenoxy) is 1. The van der Waals surface area contributed by atoms with Gasteiger partial charge in [0.25, 0.3) is 0 Å². The van der Waals surface area contributed by atoms with E-state index < -0.39 is 0 Å². The van der Waals surface area contributed by atoms with Crippen LogP contribution in [-0.4, -0.2) is 30.6 Å². The van der Waals surface area contributed by atoms with E-state index in [0.29, 0.717) is 11.4 Å². The van der Waals surface area contributed by atoms with Crippen molar-refractivity contribution < 1.29 is 9.53 Å². The topological polar surface area (TPSA) is 63.2 Å². The lowest BCUT2D eigenvalue weighted by Crippen LogP contribution is -2.27. The summed E-state index contributed by atoms with van der Waals surface area (Å²) in [7, 11) is 1.40. The highest BCUT2D eigenvalue weighted by Crippen LogP contribution is 2.25. The number of esters is 1. The Labute approximate surface area is 107 Å². The summed E-state index contributed by atoms with van der Waals surface area (Å²) in [5.74, 6) is 0.307. The second-order valence-electron chi connectivity index (χ2n) is 4.70. The maximum atomic E-state index is 12.0. The Bertz CT molecular complexity index is 458. The number of rotatable bonds is 3. The fourth-order valence-electron chi connectivity index (χ4n) is 2.17. The molecule has 0 aliphatic carbocycles. The molecule has 5 heteroatoms. The van der Waals surface area contributed by atoms with Gasteiger partial charge in [-0.25, -0.2) is 9.78 Å². The van der Waals surface area contributed by atoms with Gasteiger partial charge >= 0.3 is 5.97 Å². The van der Waals surface area contributed by atoms with E-state index in [4.69, 9.17) is 4.74 Å². The molecule has 2 rings (SSSR count). The van der Waals surface area contributed by atoms with Gasteiger partial charge in [-0.05, 0) is 37.9 Å². The number of methoxy groups -OCH3 is 1. The summed E-state index contributed by atoms with van der Waals surface area (Å²) in [5.41, 5.74) is 2.72. The van der Waals surface area contributed by atoms with Gasteiger partial charge in [0, 0.05) is 18.8 Å². The van der Waals surface area contributed by atoms with Crippen LogP contribution in [0.25, 0.3) is 0 Å². The molecular weight excluding hydrogens is 230 g/mol. The molecule has 18 heavy (non-hydrogen) atoms. The van der Waals surface area contributed by atoms with Crippen LogP contribution in [0, 0.1) is 0 Å². The summed E-state index contributed by atoms with van der Waals surface area (Å²) in [5, 5.41) is 6.48. The van der Waals surface area contributed by atoms with Crippen LogP contribution in [-0.2, 0) is 17.7 Å². The molecule has 1 aliphatic heterocycles. The Hall–Kier alpha value is -1.62. The Morgan fingerprint density at radius 1 is 1.56 bits per heavy atom. The molecule has 2 heterocycles. The number of nitrogens with one attached hydrogen (secondary N) is 2. The van der Waals surface area contributed by atoms with E-state index in [1.165, 1.54) is 7.11 Å². The van der Waals surface area contributed by atoms with E-state index in [2.05, 4.69) is 15.6 Å². The summed E-state index contributed by atoms with van der Waals surface area (Å²) in [6.07, 6.45) is 2.66. The fourth-order valence-corrected chi connectivity index (χ4v) is 2.17. The van der Waals surface area contributed by atoms with Crippen molar-refractivity contribution in [1.29, 1.82) is 0 Å². The average molecular weight is 249 g/mol. The van der Waals surface area contributed by atoms with Crippen LogP contribution in [0.5, 0.6) is 0 Å². The van der Waals surface area contributed by atoms with Crippen molar-refractivity contribution in [3.63, 3.8) is 0 Å². The Morgan fingerprint density at radius 2 is 2.33 bits per heavy atom. The monoisotopic (exact) mass is 249 g/mol. The predicted octanol–water partition coefficient (Wildman–Crippen LogP) is 1.33. The Kier molecular flexibility index (Phi) is 3.81. The summed E-state index contributed by atoms with van der Waals surface area (Å²) < 4.78 is 4.89. The third-order valence-corrected chi connectivity index (χ3v) is 2.96. The number of anilines is 1. The summed E-state index contributed by atoms with van der Waals surface area (Å²) in [4.78, 5) is 16.3. The lowest BCUT2D eigenvalue weighted by atomic mass is 9.97. The maximum Gasteiger partial charge on any atom is 0.341 e. The molecule has 1 aromatic rings. The molecule has 0 saturated heterocycles. The van der Waals surface area contributed by atoms with E-state index in [1.807, 2.05) is 20.0 Å². The van der Waals surface area contributed by atoms with Gasteiger partial charge in [-0.2, -0.15) is 0 Å². The number of carbonyl (C=O) groups excluding carboxylic acids is 1. The average Bonchev–Trinajstić information content (AvgIpc) is 2.37. The van der Waals surface area contributed by atoms with E-state index in [9.17, 15) is 4.79 Å². The molecule has 0 unspecified atom stereocenters. The number of hydrogen-bond donors (Lipinski definition) is 2. The lowest BCUT2D eigenvalue weighted by molar-refractivity contribution is 0.0600. The van der Waals surface area contributed by atoms with E-state index in [0.717, 1.165) is 30.6 Å². The first-order valence-corrected chi connectivity index (χ1v) is 6.19. The minimum absolute atomic E-state index is 0.223. The molecule has 0 aromatic carbocycles. The van der Waals surface area contributed by atoms with Crippen LogP contribution in [0.3, 0.4) is 0 Å². The van der Waals surface area contributed by atoms with Crippen molar-refractivity contribution in [1.82, 2.24) is 10.3 Å². The van der Waals surface area contributed by atoms with Gasteiger partial charge in [-0.1, -0.05) is 0 Å². The zero-order chi connectivity index (χ0) is 13.1. The quantitative estimate of drug-likeness (QED) is 0.791. The molecule has 0 fully saturated rings. The van der Waals surface area contributed by atoms with Crippen LogP contribution < -0.4 is 10.6 Å². The fraction of sp³-hybridized carbons (Fsp3) is 0.538. The van der Waals surface area contributed by atoms with E-state index in [-0.39, 0.29) is 12.0 Å². The van der Waals surface area contributed by atoms with Crippen LogP contribution in [0.15, 0.2) is 6.20 Å². The van der Waals surface area contributed by atoms with Gasteiger partial charge in [-0.3, -0.25) is 0 Å². The maximum absolute atomic E-state index is 12.0. The first-order chi connectivity index (χ1) is 8.63. The smallest absolute Gasteiger partial charge is 0.341 e. The van der Waals surface area contributed by atoms with Crippen LogP contribution in [0.4, 0.5) is 5.82 Å². The normalized spacial score (nSPS) is 14.2. The molecule has 0 spiro atoms. The zero-order valence-electron chi connectivity index (χ0n) is 11.0. The second-order valence-corrected chi connectivity index (χ2v) is 4.70. The van der Waals surface area contributed by atoms with Gasteiger partial charge in [0.05, 0.1) is 7.11 Å². The molecule has 5 nitrogen and oxygen atoms in total. The van der Waals surface area contributed by atoms with Gasteiger partial charge in [-0.15, -0.1) is 0 Å². The SMILES string of the molecule is COC(=O)c1c(NC(C)C)ncc2c1CCNC2. The van der Waals surface area contributed by atoms with Gasteiger partial charge < -0.3 is 15.4 Å². The van der Waals surface area contributed by atoms with E-state index >= 15 is 0 Å². The highest BCUT2D eigenvalue weighted by molar-refractivity contribution is 5.96. The number of nitrogens with zero attached hydrogens (tertiary/aromatic N) is 1. The van der Waals surface area contributed by atoms with Crippen LogP contribution in [0.2, 0.25) is 0 Å². The standard InChI is InChI=1S/C13H19N3O2/c1-8(2)16-12-11(13(17)18-3)10-4-5-14-6-9(10)7-15-12/h7-8,14H,4-6H2,1-3H3,(H,15,16). The number of pyridine rings is 1. The highest BCUT2D eigenvalue weighted by Gasteiger charge is 2.23. The van der Waals surface area contributed by atoms with Crippen molar-refractivity contribution >= 4 is 11.8 Å². The zero-order valence-corrected chi connectivity index (χ0v) is 11.0. The molecule has 98 valence electrons. The number of aromatic nitrogens is 1. The molecule has 0 bridgehead atoms. The predicted molar refractivity (Wildman–Crippen MR) is 69.7 cm³/mol. The first-order valence-electron chi connectivity index (χ1n) is 6.19. The van der Waals surface area contributed by atoms with Gasteiger partial charge in [0.2, 0.25) is 0 Å². The van der Waals surface area contributed by atoms with Crippen LogP contribution >= 0.6 is 0 Å². The van der Waals surface area contributed by atoms with Crippen molar-refractivity contribution in [2.24, 2.45) is 0 Å². The second kappa shape index (κ2) is 5.35.